The second-order valence-corrected chi connectivity index (χ2v) is 3.63. The molecule has 0 aliphatic rings. The summed E-state index contributed by atoms with van der Waals surface area (Å²) in [4.78, 5) is 8.49. The number of nitrogens with zero attached hydrogens (tertiary/aromatic N) is 2. The molecule has 0 saturated heterocycles. The Morgan fingerprint density at radius 2 is 1.88 bits per heavy atom. The fraction of sp³-hybridized carbons (Fsp3) is 0.231. The van der Waals surface area contributed by atoms with Crippen LogP contribution in [0.2, 0.25) is 0 Å². The standard InChI is InChI=1S/C13H14N2O2/c1-10-4-2-3-5-12(10)13-14-8-11(9-15-13)17-7-6-16/h2-5,8-9,16H,6-7H2,1H3. The normalized spacial score (nSPS) is 10.2. The molecule has 4 nitrogen and oxygen atoms in total. The van der Waals surface area contributed by atoms with Crippen molar-refractivity contribution in [2.45, 2.75) is 6.92 Å². The molecule has 1 aromatic carbocycles. The zero-order valence-corrected chi connectivity index (χ0v) is 9.63. The van der Waals surface area contributed by atoms with Gasteiger partial charge in [0.05, 0.1) is 19.0 Å². The van der Waals surface area contributed by atoms with Crippen molar-refractivity contribution in [2.24, 2.45) is 0 Å². The third-order valence-electron chi connectivity index (χ3n) is 2.37. The highest BCUT2D eigenvalue weighted by atomic mass is 16.5. The highest BCUT2D eigenvalue weighted by molar-refractivity contribution is 5.59. The summed E-state index contributed by atoms with van der Waals surface area (Å²) in [5.74, 6) is 1.25. The predicted molar refractivity (Wildman–Crippen MR) is 64.8 cm³/mol. The lowest BCUT2D eigenvalue weighted by molar-refractivity contribution is 0.200. The van der Waals surface area contributed by atoms with Gasteiger partial charge in [0, 0.05) is 5.56 Å². The lowest BCUT2D eigenvalue weighted by Gasteiger charge is -2.06. The molecule has 17 heavy (non-hydrogen) atoms. The SMILES string of the molecule is Cc1ccccc1-c1ncc(OCCO)cn1. The van der Waals surface area contributed by atoms with Crippen LogP contribution in [0.25, 0.3) is 11.4 Å². The summed E-state index contributed by atoms with van der Waals surface area (Å²) in [5, 5.41) is 8.63. The van der Waals surface area contributed by atoms with Gasteiger partial charge < -0.3 is 9.84 Å². The maximum atomic E-state index is 8.63. The van der Waals surface area contributed by atoms with Crippen molar-refractivity contribution in [3.05, 3.63) is 42.2 Å². The zero-order chi connectivity index (χ0) is 12.1. The summed E-state index contributed by atoms with van der Waals surface area (Å²) >= 11 is 0. The maximum Gasteiger partial charge on any atom is 0.159 e. The molecule has 88 valence electrons. The van der Waals surface area contributed by atoms with E-state index >= 15 is 0 Å². The molecular weight excluding hydrogens is 216 g/mol. The van der Waals surface area contributed by atoms with E-state index in [4.69, 9.17) is 9.84 Å². The van der Waals surface area contributed by atoms with Crippen molar-refractivity contribution >= 4 is 0 Å². The van der Waals surface area contributed by atoms with Gasteiger partial charge in [0.2, 0.25) is 0 Å². The Labute approximate surface area is 99.9 Å². The van der Waals surface area contributed by atoms with Crippen LogP contribution in [-0.4, -0.2) is 28.3 Å². The van der Waals surface area contributed by atoms with E-state index < -0.39 is 0 Å². The summed E-state index contributed by atoms with van der Waals surface area (Å²) in [6.45, 7) is 2.27. The Morgan fingerprint density at radius 1 is 1.18 bits per heavy atom. The minimum Gasteiger partial charge on any atom is -0.488 e. The molecule has 0 bridgehead atoms. The van der Waals surface area contributed by atoms with E-state index in [1.54, 1.807) is 12.4 Å². The fourth-order valence-electron chi connectivity index (χ4n) is 1.52. The number of aliphatic hydroxyl groups is 1. The van der Waals surface area contributed by atoms with Gasteiger partial charge in [-0.15, -0.1) is 0 Å². The van der Waals surface area contributed by atoms with E-state index in [1.165, 1.54) is 0 Å². The van der Waals surface area contributed by atoms with Gasteiger partial charge in [0.25, 0.3) is 0 Å². The molecule has 1 aromatic heterocycles. The molecule has 2 aromatic rings. The number of rotatable bonds is 4. The number of benzene rings is 1. The van der Waals surface area contributed by atoms with Crippen LogP contribution in [0.3, 0.4) is 0 Å². The van der Waals surface area contributed by atoms with Crippen LogP contribution in [0.15, 0.2) is 36.7 Å². The minimum atomic E-state index is -0.0143. The minimum absolute atomic E-state index is 0.0143. The van der Waals surface area contributed by atoms with Crippen LogP contribution in [0.1, 0.15) is 5.56 Å². The highest BCUT2D eigenvalue weighted by Gasteiger charge is 2.04. The van der Waals surface area contributed by atoms with Gasteiger partial charge in [-0.05, 0) is 12.5 Å². The van der Waals surface area contributed by atoms with Crippen molar-refractivity contribution in [2.75, 3.05) is 13.2 Å². The van der Waals surface area contributed by atoms with E-state index in [-0.39, 0.29) is 13.2 Å². The quantitative estimate of drug-likeness (QED) is 0.870. The molecule has 0 unspecified atom stereocenters. The van der Waals surface area contributed by atoms with Crippen LogP contribution < -0.4 is 4.74 Å². The van der Waals surface area contributed by atoms with Crippen molar-refractivity contribution in [3.8, 4) is 17.1 Å². The Hall–Kier alpha value is -1.94. The van der Waals surface area contributed by atoms with E-state index in [1.807, 2.05) is 31.2 Å². The van der Waals surface area contributed by atoms with Crippen molar-refractivity contribution in [1.29, 1.82) is 0 Å². The average Bonchev–Trinajstić information content (AvgIpc) is 2.38. The second kappa shape index (κ2) is 5.41. The molecule has 0 aliphatic carbocycles. The summed E-state index contributed by atoms with van der Waals surface area (Å²) in [7, 11) is 0. The first-order chi connectivity index (χ1) is 8.31. The van der Waals surface area contributed by atoms with Gasteiger partial charge in [-0.3, -0.25) is 0 Å². The number of aromatic nitrogens is 2. The van der Waals surface area contributed by atoms with E-state index in [0.29, 0.717) is 11.6 Å². The molecule has 0 fully saturated rings. The largest absolute Gasteiger partial charge is 0.488 e. The molecule has 0 spiro atoms. The molecule has 0 amide bonds. The Bertz CT molecular complexity index is 483. The van der Waals surface area contributed by atoms with Crippen LogP contribution in [-0.2, 0) is 0 Å². The summed E-state index contributed by atoms with van der Waals surface area (Å²) in [6, 6.07) is 7.95. The van der Waals surface area contributed by atoms with E-state index in [0.717, 1.165) is 11.1 Å². The monoisotopic (exact) mass is 230 g/mol. The fourth-order valence-corrected chi connectivity index (χ4v) is 1.52. The molecule has 1 heterocycles. The lowest BCUT2D eigenvalue weighted by atomic mass is 10.1. The molecule has 0 radical (unpaired) electrons. The topological polar surface area (TPSA) is 55.2 Å². The molecule has 2 rings (SSSR count). The number of aliphatic hydroxyl groups excluding tert-OH is 1. The van der Waals surface area contributed by atoms with Gasteiger partial charge in [-0.2, -0.15) is 0 Å². The molecule has 4 heteroatoms. The van der Waals surface area contributed by atoms with E-state index in [2.05, 4.69) is 9.97 Å². The summed E-state index contributed by atoms with van der Waals surface area (Å²) < 4.78 is 5.20. The first kappa shape index (κ1) is 11.5. The maximum absolute atomic E-state index is 8.63. The third-order valence-corrected chi connectivity index (χ3v) is 2.37. The van der Waals surface area contributed by atoms with Gasteiger partial charge >= 0.3 is 0 Å². The zero-order valence-electron chi connectivity index (χ0n) is 9.63. The van der Waals surface area contributed by atoms with Crippen molar-refractivity contribution < 1.29 is 9.84 Å². The second-order valence-electron chi connectivity index (χ2n) is 3.63. The number of aryl methyl sites for hydroxylation is 1. The molecular formula is C13H14N2O2. The Kier molecular flexibility index (Phi) is 3.67. The van der Waals surface area contributed by atoms with Crippen LogP contribution >= 0.6 is 0 Å². The summed E-state index contributed by atoms with van der Waals surface area (Å²) in [5.41, 5.74) is 2.15. The third kappa shape index (κ3) is 2.79. The van der Waals surface area contributed by atoms with Gasteiger partial charge in [0.1, 0.15) is 6.61 Å². The molecule has 0 saturated carbocycles. The first-order valence-electron chi connectivity index (χ1n) is 5.43. The van der Waals surface area contributed by atoms with Gasteiger partial charge in [-0.25, -0.2) is 9.97 Å². The first-order valence-corrected chi connectivity index (χ1v) is 5.43. The molecule has 0 aliphatic heterocycles. The number of hydrogen-bond donors (Lipinski definition) is 1. The van der Waals surface area contributed by atoms with Crippen LogP contribution in [0, 0.1) is 6.92 Å². The molecule has 0 atom stereocenters. The van der Waals surface area contributed by atoms with Crippen molar-refractivity contribution in [1.82, 2.24) is 9.97 Å². The Morgan fingerprint density at radius 3 is 2.53 bits per heavy atom. The van der Waals surface area contributed by atoms with Crippen LogP contribution in [0.5, 0.6) is 5.75 Å². The van der Waals surface area contributed by atoms with Crippen molar-refractivity contribution in [3.63, 3.8) is 0 Å². The summed E-state index contributed by atoms with van der Waals surface area (Å²) in [6.07, 6.45) is 3.23. The molecule has 1 N–H and O–H groups in total. The van der Waals surface area contributed by atoms with Gasteiger partial charge in [-0.1, -0.05) is 24.3 Å². The predicted octanol–water partition coefficient (Wildman–Crippen LogP) is 1.82. The highest BCUT2D eigenvalue weighted by Crippen LogP contribution is 2.19. The smallest absolute Gasteiger partial charge is 0.159 e. The lowest BCUT2D eigenvalue weighted by Crippen LogP contribution is -2.02. The average molecular weight is 230 g/mol. The van der Waals surface area contributed by atoms with Crippen LogP contribution in [0.4, 0.5) is 0 Å². The number of hydrogen-bond acceptors (Lipinski definition) is 4. The van der Waals surface area contributed by atoms with E-state index in [9.17, 15) is 0 Å². The Balaban J connectivity index is 2.21. The number of ether oxygens (including phenoxy) is 1. The van der Waals surface area contributed by atoms with Gasteiger partial charge in [0.15, 0.2) is 11.6 Å².